The van der Waals surface area contributed by atoms with Crippen molar-refractivity contribution in [1.29, 1.82) is 0 Å². The molecule has 0 spiro atoms. The van der Waals surface area contributed by atoms with Crippen LogP contribution >= 0.6 is 0 Å². The van der Waals surface area contributed by atoms with Crippen LogP contribution in [0.25, 0.3) is 0 Å². The molecule has 1 saturated carbocycles. The van der Waals surface area contributed by atoms with Crippen molar-refractivity contribution in [2.24, 2.45) is 5.92 Å². The van der Waals surface area contributed by atoms with Crippen LogP contribution in [0.5, 0.6) is 5.75 Å². The van der Waals surface area contributed by atoms with Gasteiger partial charge in [-0.25, -0.2) is 4.39 Å². The molecule has 1 aromatic rings. The lowest BCUT2D eigenvalue weighted by Gasteiger charge is -2.26. The second-order valence-corrected chi connectivity index (χ2v) is 5.88. The molecule has 1 aromatic carbocycles. The average molecular weight is 295 g/mol. The molecule has 2 N–H and O–H groups in total. The van der Waals surface area contributed by atoms with E-state index in [4.69, 9.17) is 4.74 Å². The highest BCUT2D eigenvalue weighted by atomic mass is 19.1. The van der Waals surface area contributed by atoms with Gasteiger partial charge in [-0.2, -0.15) is 0 Å². The van der Waals surface area contributed by atoms with Crippen molar-refractivity contribution in [2.75, 3.05) is 5.32 Å². The fourth-order valence-corrected chi connectivity index (χ4v) is 1.98. The van der Waals surface area contributed by atoms with Gasteiger partial charge in [-0.3, -0.25) is 4.79 Å². The minimum absolute atomic E-state index is 0.000386. The van der Waals surface area contributed by atoms with Gasteiger partial charge >= 0.3 is 0 Å². The van der Waals surface area contributed by atoms with Gasteiger partial charge in [0.15, 0.2) is 11.6 Å². The minimum atomic E-state index is -0.698. The molecule has 1 aliphatic rings. The van der Waals surface area contributed by atoms with Crippen molar-refractivity contribution in [2.45, 2.75) is 51.7 Å². The first-order chi connectivity index (χ1) is 9.95. The number of hydrogen-bond acceptors (Lipinski definition) is 3. The van der Waals surface area contributed by atoms with E-state index in [0.717, 1.165) is 19.3 Å². The summed E-state index contributed by atoms with van der Waals surface area (Å²) in [7, 11) is 0. The largest absolute Gasteiger partial charge is 0.487 e. The molecule has 0 bridgehead atoms. The van der Waals surface area contributed by atoms with Crippen LogP contribution in [0.4, 0.5) is 10.1 Å². The Morgan fingerprint density at radius 3 is 2.71 bits per heavy atom. The number of aliphatic hydroxyl groups is 1. The van der Waals surface area contributed by atoms with Crippen LogP contribution in [0.3, 0.4) is 0 Å². The Labute approximate surface area is 124 Å². The molecular formula is C16H22FNO3. The smallest absolute Gasteiger partial charge is 0.226 e. The van der Waals surface area contributed by atoms with Gasteiger partial charge in [-0.05, 0) is 37.3 Å². The van der Waals surface area contributed by atoms with E-state index in [1.165, 1.54) is 12.1 Å². The molecule has 5 heteroatoms. The molecule has 1 atom stereocenters. The van der Waals surface area contributed by atoms with Gasteiger partial charge in [-0.1, -0.05) is 13.8 Å². The molecule has 2 rings (SSSR count). The molecule has 0 aromatic heterocycles. The summed E-state index contributed by atoms with van der Waals surface area (Å²) in [5, 5.41) is 12.2. The monoisotopic (exact) mass is 295 g/mol. The van der Waals surface area contributed by atoms with Crippen LogP contribution in [0.15, 0.2) is 18.2 Å². The maximum absolute atomic E-state index is 13.9. The second-order valence-electron chi connectivity index (χ2n) is 5.88. The summed E-state index contributed by atoms with van der Waals surface area (Å²) in [6, 6.07) is 4.38. The summed E-state index contributed by atoms with van der Waals surface area (Å²) in [5.41, 5.74) is 0.370. The average Bonchev–Trinajstić information content (AvgIpc) is 2.35. The van der Waals surface area contributed by atoms with Crippen LogP contribution in [-0.2, 0) is 4.79 Å². The quantitative estimate of drug-likeness (QED) is 0.848. The summed E-state index contributed by atoms with van der Waals surface area (Å²) in [6.45, 7) is 3.67. The number of amides is 1. The molecule has 1 amide bonds. The molecule has 116 valence electrons. The first-order valence-electron chi connectivity index (χ1n) is 7.40. The Morgan fingerprint density at radius 2 is 2.19 bits per heavy atom. The molecule has 1 fully saturated rings. The number of anilines is 1. The van der Waals surface area contributed by atoms with Crippen molar-refractivity contribution in [1.82, 2.24) is 0 Å². The van der Waals surface area contributed by atoms with E-state index in [0.29, 0.717) is 5.69 Å². The molecule has 0 saturated heterocycles. The molecule has 0 aliphatic heterocycles. The third-order valence-electron chi connectivity index (χ3n) is 3.73. The molecule has 1 aliphatic carbocycles. The van der Waals surface area contributed by atoms with Gasteiger partial charge in [0, 0.05) is 11.8 Å². The molecule has 1 unspecified atom stereocenters. The van der Waals surface area contributed by atoms with Crippen LogP contribution in [0.2, 0.25) is 0 Å². The third kappa shape index (κ3) is 4.43. The number of ether oxygens (including phenoxy) is 1. The Balaban J connectivity index is 1.91. The number of nitrogens with one attached hydrogen (secondary N) is 1. The minimum Gasteiger partial charge on any atom is -0.487 e. The SMILES string of the molecule is CC(C)C(O)CC(=O)Nc1ccc(OC2CCC2)c(F)c1. The third-order valence-corrected chi connectivity index (χ3v) is 3.73. The summed E-state index contributed by atoms with van der Waals surface area (Å²) in [4.78, 5) is 11.7. The van der Waals surface area contributed by atoms with Crippen LogP contribution < -0.4 is 10.1 Å². The van der Waals surface area contributed by atoms with E-state index in [1.807, 2.05) is 13.8 Å². The Kier molecular flexibility index (Phi) is 5.17. The fraction of sp³-hybridized carbons (Fsp3) is 0.562. The van der Waals surface area contributed by atoms with E-state index >= 15 is 0 Å². The standard InChI is InChI=1S/C16H22FNO3/c1-10(2)14(19)9-16(20)18-11-6-7-15(13(17)8-11)21-12-4-3-5-12/h6-8,10,12,14,19H,3-5,9H2,1-2H3,(H,18,20). The van der Waals surface area contributed by atoms with Crippen molar-refractivity contribution in [3.8, 4) is 5.75 Å². The van der Waals surface area contributed by atoms with Crippen LogP contribution in [-0.4, -0.2) is 23.2 Å². The number of carbonyl (C=O) groups excluding carboxylic acids is 1. The normalized spacial score (nSPS) is 16.4. The highest BCUT2D eigenvalue weighted by Crippen LogP contribution is 2.28. The zero-order valence-electron chi connectivity index (χ0n) is 12.4. The number of aliphatic hydroxyl groups excluding tert-OH is 1. The zero-order valence-corrected chi connectivity index (χ0v) is 12.4. The topological polar surface area (TPSA) is 58.6 Å². The number of benzene rings is 1. The van der Waals surface area contributed by atoms with Crippen molar-refractivity contribution >= 4 is 11.6 Å². The Hall–Kier alpha value is -1.62. The van der Waals surface area contributed by atoms with Crippen molar-refractivity contribution in [3.05, 3.63) is 24.0 Å². The number of carbonyl (C=O) groups is 1. The van der Waals surface area contributed by atoms with E-state index < -0.39 is 11.9 Å². The highest BCUT2D eigenvalue weighted by molar-refractivity contribution is 5.91. The summed E-state index contributed by atoms with van der Waals surface area (Å²) < 4.78 is 19.4. The second kappa shape index (κ2) is 6.89. The van der Waals surface area contributed by atoms with Crippen LogP contribution in [0.1, 0.15) is 39.5 Å². The van der Waals surface area contributed by atoms with Gasteiger partial charge in [0.1, 0.15) is 0 Å². The van der Waals surface area contributed by atoms with Gasteiger partial charge in [0.25, 0.3) is 0 Å². The molecule has 21 heavy (non-hydrogen) atoms. The lowest BCUT2D eigenvalue weighted by molar-refractivity contribution is -0.118. The molecule has 4 nitrogen and oxygen atoms in total. The maximum Gasteiger partial charge on any atom is 0.226 e. The van der Waals surface area contributed by atoms with Gasteiger partial charge in [-0.15, -0.1) is 0 Å². The predicted molar refractivity (Wildman–Crippen MR) is 78.8 cm³/mol. The number of rotatable bonds is 6. The van der Waals surface area contributed by atoms with Crippen LogP contribution in [0, 0.1) is 11.7 Å². The number of hydrogen-bond donors (Lipinski definition) is 2. The van der Waals surface area contributed by atoms with Crippen molar-refractivity contribution in [3.63, 3.8) is 0 Å². The lowest BCUT2D eigenvalue weighted by atomic mass is 9.96. The molecule has 0 radical (unpaired) electrons. The first-order valence-corrected chi connectivity index (χ1v) is 7.40. The van der Waals surface area contributed by atoms with Gasteiger partial charge in [0.2, 0.25) is 5.91 Å². The van der Waals surface area contributed by atoms with Gasteiger partial charge < -0.3 is 15.2 Å². The zero-order chi connectivity index (χ0) is 15.4. The fourth-order valence-electron chi connectivity index (χ4n) is 1.98. The van der Waals surface area contributed by atoms with E-state index in [1.54, 1.807) is 6.07 Å². The maximum atomic E-state index is 13.9. The van der Waals surface area contributed by atoms with Crippen molar-refractivity contribution < 1.29 is 19.0 Å². The van der Waals surface area contributed by atoms with Gasteiger partial charge in [0.05, 0.1) is 18.6 Å². The first kappa shape index (κ1) is 15.8. The molecule has 0 heterocycles. The Bertz CT molecular complexity index is 500. The summed E-state index contributed by atoms with van der Waals surface area (Å²) >= 11 is 0. The molecular weight excluding hydrogens is 273 g/mol. The summed E-state index contributed by atoms with van der Waals surface area (Å²) in [6.07, 6.45) is 2.46. The highest BCUT2D eigenvalue weighted by Gasteiger charge is 2.21. The van der Waals surface area contributed by atoms with E-state index in [2.05, 4.69) is 5.32 Å². The Morgan fingerprint density at radius 1 is 1.48 bits per heavy atom. The predicted octanol–water partition coefficient (Wildman–Crippen LogP) is 3.10. The summed E-state index contributed by atoms with van der Waals surface area (Å²) in [5.74, 6) is -0.585. The van der Waals surface area contributed by atoms with E-state index in [9.17, 15) is 14.3 Å². The van der Waals surface area contributed by atoms with E-state index in [-0.39, 0.29) is 30.1 Å². The number of halogens is 1. The lowest BCUT2D eigenvalue weighted by Crippen LogP contribution is -2.25.